The van der Waals surface area contributed by atoms with E-state index in [0.717, 1.165) is 16.5 Å². The Bertz CT molecular complexity index is 876. The van der Waals surface area contributed by atoms with Gasteiger partial charge in [-0.15, -0.1) is 0 Å². The Morgan fingerprint density at radius 3 is 2.83 bits per heavy atom. The molecule has 0 atom stereocenters. The van der Waals surface area contributed by atoms with Crippen LogP contribution in [0.25, 0.3) is 22.3 Å². The number of hydrogen-bond acceptors (Lipinski definition) is 4. The molecule has 2 aromatic heterocycles. The predicted octanol–water partition coefficient (Wildman–Crippen LogP) is 1.30. The van der Waals surface area contributed by atoms with Crippen LogP contribution in [0.15, 0.2) is 36.8 Å². The highest BCUT2D eigenvalue weighted by atomic mass is 16.5. The zero-order valence-corrected chi connectivity index (χ0v) is 13.6. The van der Waals surface area contributed by atoms with Crippen molar-refractivity contribution < 1.29 is 9.53 Å². The molecule has 7 nitrogen and oxygen atoms in total. The smallest absolute Gasteiger partial charge is 0.242 e. The Labute approximate surface area is 139 Å². The van der Waals surface area contributed by atoms with Crippen LogP contribution in [0.1, 0.15) is 0 Å². The molecule has 0 aliphatic carbocycles. The number of ether oxygens (including phenoxy) is 1. The number of rotatable bonds is 3. The highest BCUT2D eigenvalue weighted by Crippen LogP contribution is 2.23. The van der Waals surface area contributed by atoms with Gasteiger partial charge in [0, 0.05) is 42.8 Å². The van der Waals surface area contributed by atoms with Gasteiger partial charge in [-0.25, -0.2) is 4.98 Å². The summed E-state index contributed by atoms with van der Waals surface area (Å²) < 4.78 is 8.97. The zero-order valence-electron chi connectivity index (χ0n) is 13.6. The minimum absolute atomic E-state index is 0.131. The van der Waals surface area contributed by atoms with Gasteiger partial charge in [0.1, 0.15) is 12.9 Å². The van der Waals surface area contributed by atoms with Crippen molar-refractivity contribution in [2.75, 3.05) is 26.3 Å². The molecule has 1 amide bonds. The molecule has 0 radical (unpaired) electrons. The summed E-state index contributed by atoms with van der Waals surface area (Å²) in [7, 11) is 1.85. The standard InChI is InChI=1S/C17H19N5O2/c1-20-12-18-17(19-20)14-2-3-15-13(10-14)4-5-22(15)11-16(23)21-6-8-24-9-7-21/h2-5,10,12H,6-9,11H2,1H3. The van der Waals surface area contributed by atoms with Gasteiger partial charge in [0.05, 0.1) is 13.2 Å². The Balaban J connectivity index is 1.57. The maximum atomic E-state index is 12.4. The maximum Gasteiger partial charge on any atom is 0.242 e. The first kappa shape index (κ1) is 14.9. The second-order valence-electron chi connectivity index (χ2n) is 5.95. The fraction of sp³-hybridized carbons (Fsp3) is 0.353. The first-order valence-electron chi connectivity index (χ1n) is 8.01. The van der Waals surface area contributed by atoms with E-state index in [2.05, 4.69) is 16.1 Å². The number of nitrogens with zero attached hydrogens (tertiary/aromatic N) is 5. The molecule has 0 bridgehead atoms. The van der Waals surface area contributed by atoms with Gasteiger partial charge in [-0.05, 0) is 24.3 Å². The van der Waals surface area contributed by atoms with Crippen LogP contribution in [0, 0.1) is 0 Å². The molecule has 3 heterocycles. The van der Waals surface area contributed by atoms with Gasteiger partial charge in [-0.3, -0.25) is 9.48 Å². The summed E-state index contributed by atoms with van der Waals surface area (Å²) in [6.45, 7) is 2.95. The topological polar surface area (TPSA) is 65.2 Å². The summed E-state index contributed by atoms with van der Waals surface area (Å²) in [5.74, 6) is 0.836. The molecule has 124 valence electrons. The van der Waals surface area contributed by atoms with Crippen molar-refractivity contribution >= 4 is 16.8 Å². The van der Waals surface area contributed by atoms with Crippen molar-refractivity contribution in [2.45, 2.75) is 6.54 Å². The van der Waals surface area contributed by atoms with Gasteiger partial charge in [0.2, 0.25) is 5.91 Å². The minimum atomic E-state index is 0.131. The highest BCUT2D eigenvalue weighted by molar-refractivity contribution is 5.86. The van der Waals surface area contributed by atoms with Crippen LogP contribution in [0.4, 0.5) is 0 Å². The summed E-state index contributed by atoms with van der Waals surface area (Å²) in [6, 6.07) is 8.09. The second-order valence-corrected chi connectivity index (χ2v) is 5.95. The molecule has 1 aliphatic heterocycles. The lowest BCUT2D eigenvalue weighted by Crippen LogP contribution is -2.42. The van der Waals surface area contributed by atoms with Gasteiger partial charge in [-0.2, -0.15) is 5.10 Å². The molecule has 0 saturated carbocycles. The minimum Gasteiger partial charge on any atom is -0.378 e. The van der Waals surface area contributed by atoms with Gasteiger partial charge in [-0.1, -0.05) is 0 Å². The lowest BCUT2D eigenvalue weighted by Gasteiger charge is -2.27. The van der Waals surface area contributed by atoms with Crippen molar-refractivity contribution in [3.63, 3.8) is 0 Å². The van der Waals surface area contributed by atoms with E-state index in [-0.39, 0.29) is 5.91 Å². The maximum absolute atomic E-state index is 12.4. The van der Waals surface area contributed by atoms with Crippen LogP contribution >= 0.6 is 0 Å². The highest BCUT2D eigenvalue weighted by Gasteiger charge is 2.17. The molecule has 0 spiro atoms. The fourth-order valence-electron chi connectivity index (χ4n) is 3.01. The molecule has 1 fully saturated rings. The van der Waals surface area contributed by atoms with Crippen LogP contribution in [-0.4, -0.2) is 56.4 Å². The van der Waals surface area contributed by atoms with E-state index in [4.69, 9.17) is 4.74 Å². The van der Waals surface area contributed by atoms with E-state index >= 15 is 0 Å². The zero-order chi connectivity index (χ0) is 16.5. The number of aromatic nitrogens is 4. The Hall–Kier alpha value is -2.67. The monoisotopic (exact) mass is 325 g/mol. The molecule has 0 N–H and O–H groups in total. The summed E-state index contributed by atoms with van der Waals surface area (Å²) >= 11 is 0. The fourth-order valence-corrected chi connectivity index (χ4v) is 3.01. The number of aryl methyl sites for hydroxylation is 1. The Morgan fingerprint density at radius 1 is 1.25 bits per heavy atom. The van der Waals surface area contributed by atoms with Crippen LogP contribution in [0.2, 0.25) is 0 Å². The largest absolute Gasteiger partial charge is 0.378 e. The third-order valence-corrected chi connectivity index (χ3v) is 4.30. The van der Waals surface area contributed by atoms with Crippen LogP contribution in [0.5, 0.6) is 0 Å². The number of carbonyl (C=O) groups is 1. The number of carbonyl (C=O) groups excluding carboxylic acids is 1. The van der Waals surface area contributed by atoms with E-state index in [9.17, 15) is 4.79 Å². The first-order valence-corrected chi connectivity index (χ1v) is 8.01. The van der Waals surface area contributed by atoms with Crippen molar-refractivity contribution in [3.05, 3.63) is 36.8 Å². The molecule has 7 heteroatoms. The number of benzene rings is 1. The van der Waals surface area contributed by atoms with E-state index in [0.29, 0.717) is 38.7 Å². The van der Waals surface area contributed by atoms with E-state index in [1.165, 1.54) is 0 Å². The predicted molar refractivity (Wildman–Crippen MR) is 89.3 cm³/mol. The molecule has 1 aliphatic rings. The van der Waals surface area contributed by atoms with Crippen molar-refractivity contribution in [3.8, 4) is 11.4 Å². The van der Waals surface area contributed by atoms with Crippen molar-refractivity contribution in [1.29, 1.82) is 0 Å². The Morgan fingerprint density at radius 2 is 2.08 bits per heavy atom. The van der Waals surface area contributed by atoms with Gasteiger partial charge < -0.3 is 14.2 Å². The lowest BCUT2D eigenvalue weighted by atomic mass is 10.1. The van der Waals surface area contributed by atoms with Gasteiger partial charge in [0.15, 0.2) is 5.82 Å². The third kappa shape index (κ3) is 2.78. The molecule has 1 aromatic carbocycles. The van der Waals surface area contributed by atoms with E-state index < -0.39 is 0 Å². The number of fused-ring (bicyclic) bond motifs is 1. The molecular weight excluding hydrogens is 306 g/mol. The lowest BCUT2D eigenvalue weighted by molar-refractivity contribution is -0.135. The van der Waals surface area contributed by atoms with Gasteiger partial charge in [0.25, 0.3) is 0 Å². The van der Waals surface area contributed by atoms with Gasteiger partial charge >= 0.3 is 0 Å². The van der Waals surface area contributed by atoms with Crippen LogP contribution < -0.4 is 0 Å². The molecule has 0 unspecified atom stereocenters. The summed E-state index contributed by atoms with van der Waals surface area (Å²) in [5, 5.41) is 5.41. The third-order valence-electron chi connectivity index (χ3n) is 4.30. The summed E-state index contributed by atoms with van der Waals surface area (Å²) in [5.41, 5.74) is 2.01. The van der Waals surface area contributed by atoms with Crippen molar-refractivity contribution in [2.24, 2.45) is 7.05 Å². The average molecular weight is 325 g/mol. The summed E-state index contributed by atoms with van der Waals surface area (Å²) in [6.07, 6.45) is 3.64. The number of amides is 1. The van der Waals surface area contributed by atoms with Crippen LogP contribution in [-0.2, 0) is 23.1 Å². The first-order chi connectivity index (χ1) is 11.7. The molecule has 1 saturated heterocycles. The molecule has 3 aromatic rings. The number of morpholine rings is 1. The Kier molecular flexibility index (Phi) is 3.78. The average Bonchev–Trinajstić information content (AvgIpc) is 3.22. The molecular formula is C17H19N5O2. The molecule has 4 rings (SSSR count). The number of hydrogen-bond donors (Lipinski definition) is 0. The van der Waals surface area contributed by atoms with E-state index in [1.807, 2.05) is 40.9 Å². The van der Waals surface area contributed by atoms with E-state index in [1.54, 1.807) is 11.0 Å². The normalized spacial score (nSPS) is 15.1. The summed E-state index contributed by atoms with van der Waals surface area (Å²) in [4.78, 5) is 18.6. The van der Waals surface area contributed by atoms with Crippen molar-refractivity contribution in [1.82, 2.24) is 24.2 Å². The van der Waals surface area contributed by atoms with Crippen LogP contribution in [0.3, 0.4) is 0 Å². The molecule has 24 heavy (non-hydrogen) atoms. The SMILES string of the molecule is Cn1cnc(-c2ccc3c(ccn3CC(=O)N3CCOCC3)c2)n1. The second kappa shape index (κ2) is 6.09. The quantitative estimate of drug-likeness (QED) is 0.728.